The van der Waals surface area contributed by atoms with Gasteiger partial charge in [-0.1, -0.05) is 19.9 Å². The Kier molecular flexibility index (Phi) is 8.76. The Bertz CT molecular complexity index is 1290. The van der Waals surface area contributed by atoms with Gasteiger partial charge in [-0.25, -0.2) is 8.78 Å². The smallest absolute Gasteiger partial charge is 0.399 e. The number of aromatic nitrogens is 2. The van der Waals surface area contributed by atoms with Crippen molar-refractivity contribution >= 4 is 30.0 Å². The molecule has 230 valence electrons. The number of alkyl halides is 2. The molecule has 4 aliphatic heterocycles. The second-order valence-electron chi connectivity index (χ2n) is 12.5. The molecule has 4 aliphatic rings. The number of nitrogens with zero attached hydrogens (tertiary/aromatic N) is 4. The van der Waals surface area contributed by atoms with Gasteiger partial charge in [0.2, 0.25) is 5.91 Å². The lowest BCUT2D eigenvalue weighted by Crippen LogP contribution is -2.41. The Morgan fingerprint density at radius 2 is 1.71 bits per heavy atom. The van der Waals surface area contributed by atoms with Gasteiger partial charge >= 0.3 is 7.12 Å². The number of amides is 1. The fourth-order valence-electron chi connectivity index (χ4n) is 6.40. The Balaban J connectivity index is 0.00000173. The van der Waals surface area contributed by atoms with Crippen molar-refractivity contribution in [3.05, 3.63) is 34.5 Å². The van der Waals surface area contributed by atoms with Crippen molar-refractivity contribution in [1.82, 2.24) is 14.7 Å². The van der Waals surface area contributed by atoms with Crippen molar-refractivity contribution < 1.29 is 27.6 Å². The number of rotatable bonds is 4. The average molecular weight is 587 g/mol. The van der Waals surface area contributed by atoms with Crippen LogP contribution < -0.4 is 10.4 Å². The highest BCUT2D eigenvalue weighted by Crippen LogP contribution is 2.42. The lowest BCUT2D eigenvalue weighted by Gasteiger charge is -2.33. The Hall–Kier alpha value is -2.50. The average Bonchev–Trinajstić information content (AvgIpc) is 3.45. The maximum Gasteiger partial charge on any atom is 0.495 e. The predicted molar refractivity (Wildman–Crippen MR) is 160 cm³/mol. The highest BCUT2D eigenvalue weighted by atomic mass is 19.3. The molecule has 11 heteroatoms. The minimum absolute atomic E-state index is 0.0292. The molecule has 5 heterocycles. The van der Waals surface area contributed by atoms with E-state index in [0.29, 0.717) is 38.3 Å². The molecule has 6 rings (SSSR count). The number of hydrogen-bond donors (Lipinski definition) is 0. The van der Waals surface area contributed by atoms with Crippen LogP contribution in [0.25, 0.3) is 0 Å². The van der Waals surface area contributed by atoms with Crippen molar-refractivity contribution in [1.29, 1.82) is 0 Å². The number of halogens is 2. The van der Waals surface area contributed by atoms with Crippen LogP contribution in [0.1, 0.15) is 103 Å². The van der Waals surface area contributed by atoms with Crippen LogP contribution in [0.3, 0.4) is 0 Å². The van der Waals surface area contributed by atoms with E-state index >= 15 is 0 Å². The van der Waals surface area contributed by atoms with Crippen molar-refractivity contribution in [2.45, 2.75) is 111 Å². The summed E-state index contributed by atoms with van der Waals surface area (Å²) in [5.41, 5.74) is 2.97. The third kappa shape index (κ3) is 5.48. The molecule has 42 heavy (non-hydrogen) atoms. The Labute approximate surface area is 248 Å². The summed E-state index contributed by atoms with van der Waals surface area (Å²) >= 11 is 0. The van der Waals surface area contributed by atoms with E-state index < -0.39 is 24.7 Å². The van der Waals surface area contributed by atoms with Gasteiger partial charge in [-0.05, 0) is 70.5 Å². The molecule has 0 aliphatic carbocycles. The fourth-order valence-corrected chi connectivity index (χ4v) is 6.40. The van der Waals surface area contributed by atoms with Gasteiger partial charge in [-0.15, -0.1) is 0 Å². The monoisotopic (exact) mass is 586 g/mol. The van der Waals surface area contributed by atoms with E-state index in [1.807, 2.05) is 52.5 Å². The summed E-state index contributed by atoms with van der Waals surface area (Å²) in [5, 5.41) is 5.16. The topological polar surface area (TPSA) is 69.1 Å². The molecule has 0 bridgehead atoms. The number of carbonyl (C=O) groups is 1. The lowest BCUT2D eigenvalue weighted by atomic mass is 9.74. The summed E-state index contributed by atoms with van der Waals surface area (Å²) in [7, 11) is -0.862. The number of anilines is 2. The molecule has 2 saturated heterocycles. The van der Waals surface area contributed by atoms with E-state index in [0.717, 1.165) is 60.4 Å². The van der Waals surface area contributed by atoms with Gasteiger partial charge in [0.05, 0.1) is 23.8 Å². The lowest BCUT2D eigenvalue weighted by molar-refractivity contribution is -0.129. The van der Waals surface area contributed by atoms with Crippen LogP contribution in [0.4, 0.5) is 20.3 Å². The normalized spacial score (nSPS) is 21.6. The second-order valence-corrected chi connectivity index (χ2v) is 12.5. The minimum atomic E-state index is -2.69. The number of benzene rings is 1. The number of aryl methyl sites for hydroxylation is 1. The zero-order valence-electron chi connectivity index (χ0n) is 26.1. The first-order valence-corrected chi connectivity index (χ1v) is 15.5. The van der Waals surface area contributed by atoms with Gasteiger partial charge in [0, 0.05) is 62.2 Å². The van der Waals surface area contributed by atoms with Gasteiger partial charge in [0.15, 0.2) is 5.82 Å². The third-order valence-corrected chi connectivity index (χ3v) is 9.45. The second kappa shape index (κ2) is 11.9. The number of fused-ring (bicyclic) bond motifs is 2. The molecule has 1 aromatic carbocycles. The summed E-state index contributed by atoms with van der Waals surface area (Å²) in [5.74, 6) is 0.804. The van der Waals surface area contributed by atoms with Crippen molar-refractivity contribution in [3.63, 3.8) is 0 Å². The Morgan fingerprint density at radius 1 is 1.05 bits per heavy atom. The van der Waals surface area contributed by atoms with E-state index in [4.69, 9.17) is 19.1 Å². The molecule has 2 aromatic rings. The number of hydrogen-bond acceptors (Lipinski definition) is 6. The predicted octanol–water partition coefficient (Wildman–Crippen LogP) is 5.49. The van der Waals surface area contributed by atoms with Gasteiger partial charge in [-0.3, -0.25) is 9.48 Å². The summed E-state index contributed by atoms with van der Waals surface area (Å²) < 4.78 is 49.4. The molecular weight excluding hydrogens is 541 g/mol. The third-order valence-electron chi connectivity index (χ3n) is 9.45. The fraction of sp³-hybridized carbons (Fsp3) is 0.677. The van der Waals surface area contributed by atoms with Crippen molar-refractivity contribution in [3.8, 4) is 0 Å². The summed E-state index contributed by atoms with van der Waals surface area (Å²) in [6.45, 7) is 16.5. The standard InChI is InChI=1S/C29H39BF2N4O4.C2H6/c1-18(37)34-12-8-24-22(17-34)27(33-36(24)20-9-13-38-14-10-20)35-11-6-7-19-15-23(21(26(31)32)16-25(19)35)30-39-28(2,3)29(4,5)40-30;1-2/h15-16,20,26H,6-14,17H2,1-5H3;1-2H3. The molecule has 0 atom stereocenters. The maximum atomic E-state index is 14.6. The summed E-state index contributed by atoms with van der Waals surface area (Å²) in [6, 6.07) is 3.70. The van der Waals surface area contributed by atoms with E-state index in [9.17, 15) is 13.6 Å². The van der Waals surface area contributed by atoms with Crippen LogP contribution in [0.5, 0.6) is 0 Å². The quantitative estimate of drug-likeness (QED) is 0.442. The molecule has 0 unspecified atom stereocenters. The van der Waals surface area contributed by atoms with Crippen LogP contribution in [0.15, 0.2) is 12.1 Å². The molecule has 1 aromatic heterocycles. The minimum Gasteiger partial charge on any atom is -0.399 e. The highest BCUT2D eigenvalue weighted by molar-refractivity contribution is 6.62. The van der Waals surface area contributed by atoms with Gasteiger partial charge in [0.1, 0.15) is 0 Å². The first-order valence-electron chi connectivity index (χ1n) is 15.5. The van der Waals surface area contributed by atoms with E-state index in [1.165, 1.54) is 0 Å². The zero-order chi connectivity index (χ0) is 30.4. The molecule has 0 spiro atoms. The van der Waals surface area contributed by atoms with Gasteiger partial charge in [0.25, 0.3) is 6.43 Å². The number of ether oxygens (including phenoxy) is 1. The van der Waals surface area contributed by atoms with Crippen LogP contribution in [-0.2, 0) is 38.2 Å². The highest BCUT2D eigenvalue weighted by Gasteiger charge is 2.53. The van der Waals surface area contributed by atoms with Gasteiger partial charge in [-0.2, -0.15) is 5.10 Å². The zero-order valence-corrected chi connectivity index (χ0v) is 26.1. The van der Waals surface area contributed by atoms with Crippen LogP contribution >= 0.6 is 0 Å². The van der Waals surface area contributed by atoms with Crippen molar-refractivity contribution in [2.24, 2.45) is 0 Å². The van der Waals surface area contributed by atoms with Crippen LogP contribution in [0.2, 0.25) is 0 Å². The molecular formula is C31H45BF2N4O4. The molecule has 8 nitrogen and oxygen atoms in total. The first-order chi connectivity index (χ1) is 20.0. The summed E-state index contributed by atoms with van der Waals surface area (Å²) in [4.78, 5) is 16.3. The van der Waals surface area contributed by atoms with Crippen molar-refractivity contribution in [2.75, 3.05) is 31.2 Å². The maximum absolute atomic E-state index is 14.6. The summed E-state index contributed by atoms with van der Waals surface area (Å²) in [6.07, 6.45) is 1.43. The first kappa shape index (κ1) is 30.9. The molecule has 0 saturated carbocycles. The van der Waals surface area contributed by atoms with E-state index in [-0.39, 0.29) is 17.5 Å². The molecule has 2 fully saturated rings. The SMILES string of the molecule is CC.CC(=O)N1CCc2c(c(N3CCCc4cc(B5OC(C)(C)C(C)(C)O5)c(C(F)F)cc43)nn2C2CCOCC2)C1. The molecule has 1 amide bonds. The van der Waals surface area contributed by atoms with E-state index in [1.54, 1.807) is 13.0 Å². The van der Waals surface area contributed by atoms with Gasteiger partial charge < -0.3 is 23.8 Å². The van der Waals surface area contributed by atoms with E-state index in [2.05, 4.69) is 9.58 Å². The van der Waals surface area contributed by atoms with Crippen LogP contribution in [-0.4, -0.2) is 65.2 Å². The Morgan fingerprint density at radius 3 is 2.33 bits per heavy atom. The molecule has 0 N–H and O–H groups in total. The molecule has 0 radical (unpaired) electrons. The van der Waals surface area contributed by atoms with Crippen LogP contribution in [0, 0.1) is 0 Å². The number of carbonyl (C=O) groups excluding carboxylic acids is 1. The largest absolute Gasteiger partial charge is 0.495 e.